The molecular weight excluding hydrogens is 380 g/mol. The number of hydrogen-bond donors (Lipinski definition) is 1. The SMILES string of the molecule is CCC1=C(/C=C(/OC)C(C)OC)CCN2Cc3c(ccc(OC)c3OC)[C@H](C)C12N. The van der Waals surface area contributed by atoms with Gasteiger partial charge in [-0.1, -0.05) is 19.9 Å². The number of nitrogens with two attached hydrogens (primary N) is 1. The van der Waals surface area contributed by atoms with Crippen LogP contribution in [-0.4, -0.2) is 51.7 Å². The minimum Gasteiger partial charge on any atom is -0.498 e. The van der Waals surface area contributed by atoms with E-state index >= 15 is 0 Å². The fraction of sp³-hybridized carbons (Fsp3) is 0.583. The van der Waals surface area contributed by atoms with Crippen LogP contribution >= 0.6 is 0 Å². The van der Waals surface area contributed by atoms with Gasteiger partial charge in [0.2, 0.25) is 0 Å². The van der Waals surface area contributed by atoms with Gasteiger partial charge < -0.3 is 24.7 Å². The summed E-state index contributed by atoms with van der Waals surface area (Å²) in [5.74, 6) is 2.50. The van der Waals surface area contributed by atoms with Crippen LogP contribution in [0.2, 0.25) is 0 Å². The lowest BCUT2D eigenvalue weighted by Crippen LogP contribution is -2.64. The molecule has 2 heterocycles. The van der Waals surface area contributed by atoms with Crippen LogP contribution in [0.3, 0.4) is 0 Å². The maximum atomic E-state index is 7.25. The van der Waals surface area contributed by atoms with E-state index < -0.39 is 5.66 Å². The van der Waals surface area contributed by atoms with Gasteiger partial charge in [0.05, 0.1) is 27.0 Å². The Hall–Kier alpha value is -2.02. The van der Waals surface area contributed by atoms with Crippen molar-refractivity contribution in [3.8, 4) is 11.5 Å². The van der Waals surface area contributed by atoms with Gasteiger partial charge in [0.25, 0.3) is 0 Å². The first kappa shape index (κ1) is 22.7. The Balaban J connectivity index is 2.13. The minimum atomic E-state index is -0.555. The lowest BCUT2D eigenvalue weighted by molar-refractivity contribution is 0.0645. The Morgan fingerprint density at radius 1 is 1.27 bits per heavy atom. The van der Waals surface area contributed by atoms with Crippen molar-refractivity contribution in [3.05, 3.63) is 46.2 Å². The largest absolute Gasteiger partial charge is 0.498 e. The Labute approximate surface area is 180 Å². The van der Waals surface area contributed by atoms with E-state index in [1.807, 2.05) is 13.0 Å². The van der Waals surface area contributed by atoms with Crippen molar-refractivity contribution >= 4 is 0 Å². The molecule has 0 bridgehead atoms. The van der Waals surface area contributed by atoms with Crippen molar-refractivity contribution in [1.82, 2.24) is 4.90 Å². The molecule has 2 unspecified atom stereocenters. The molecule has 1 aromatic carbocycles. The van der Waals surface area contributed by atoms with Gasteiger partial charge in [0, 0.05) is 31.7 Å². The topological polar surface area (TPSA) is 66.2 Å². The van der Waals surface area contributed by atoms with Gasteiger partial charge in [-0.25, -0.2) is 0 Å². The maximum Gasteiger partial charge on any atom is 0.165 e. The summed E-state index contributed by atoms with van der Waals surface area (Å²) in [5, 5.41) is 0. The Morgan fingerprint density at radius 3 is 2.57 bits per heavy atom. The maximum absolute atomic E-state index is 7.25. The number of nitrogens with zero attached hydrogens (tertiary/aromatic N) is 1. The van der Waals surface area contributed by atoms with Crippen LogP contribution in [0.4, 0.5) is 0 Å². The zero-order chi connectivity index (χ0) is 22.1. The molecular formula is C24H36N2O4. The summed E-state index contributed by atoms with van der Waals surface area (Å²) in [6.07, 6.45) is 3.83. The fourth-order valence-electron chi connectivity index (χ4n) is 5.09. The summed E-state index contributed by atoms with van der Waals surface area (Å²) in [6.45, 7) is 8.00. The highest BCUT2D eigenvalue weighted by Crippen LogP contribution is 2.50. The molecule has 0 saturated heterocycles. The predicted octanol–water partition coefficient (Wildman–Crippen LogP) is 3.95. The molecule has 0 aromatic heterocycles. The van der Waals surface area contributed by atoms with E-state index in [2.05, 4.69) is 30.9 Å². The number of hydrogen-bond acceptors (Lipinski definition) is 6. The van der Waals surface area contributed by atoms with E-state index in [9.17, 15) is 0 Å². The Bertz CT molecular complexity index is 848. The zero-order valence-electron chi connectivity index (χ0n) is 19.4. The molecule has 3 rings (SSSR count). The van der Waals surface area contributed by atoms with Gasteiger partial charge in [-0.05, 0) is 48.6 Å². The molecule has 0 spiro atoms. The Kier molecular flexibility index (Phi) is 6.80. The van der Waals surface area contributed by atoms with Gasteiger partial charge in [0.15, 0.2) is 11.5 Å². The van der Waals surface area contributed by atoms with Gasteiger partial charge in [-0.2, -0.15) is 0 Å². The van der Waals surface area contributed by atoms with E-state index in [1.54, 1.807) is 28.4 Å². The normalized spacial score (nSPS) is 25.5. The van der Waals surface area contributed by atoms with Crippen molar-refractivity contribution < 1.29 is 18.9 Å². The molecule has 2 aliphatic rings. The summed E-state index contributed by atoms with van der Waals surface area (Å²) in [6, 6.07) is 4.12. The van der Waals surface area contributed by atoms with Crippen molar-refractivity contribution in [3.63, 3.8) is 0 Å². The standard InChI is InChI=1S/C24H36N2O4/c1-8-20-17(13-22(29-6)16(3)27-4)11-12-26-14-19-18(15(2)24(20,26)25)9-10-21(28-5)23(19)30-7/h9-10,13,15-16H,8,11-12,14,25H2,1-7H3/b22-13+/t15-,16?,24?/m0/s1. The van der Waals surface area contributed by atoms with Gasteiger partial charge in [-0.3, -0.25) is 4.90 Å². The number of methoxy groups -OCH3 is 4. The molecule has 6 heteroatoms. The van der Waals surface area contributed by atoms with Crippen molar-refractivity contribution in [2.75, 3.05) is 35.0 Å². The minimum absolute atomic E-state index is 0.102. The molecule has 0 fully saturated rings. The first-order chi connectivity index (χ1) is 14.4. The highest BCUT2D eigenvalue weighted by molar-refractivity contribution is 5.55. The van der Waals surface area contributed by atoms with Crippen molar-refractivity contribution in [2.24, 2.45) is 5.73 Å². The van der Waals surface area contributed by atoms with Crippen molar-refractivity contribution in [1.29, 1.82) is 0 Å². The second kappa shape index (κ2) is 9.00. The summed E-state index contributed by atoms with van der Waals surface area (Å²) in [7, 11) is 6.77. The fourth-order valence-corrected chi connectivity index (χ4v) is 5.09. The second-order valence-corrected chi connectivity index (χ2v) is 8.07. The summed E-state index contributed by atoms with van der Waals surface area (Å²) in [5.41, 5.74) is 11.6. The smallest absolute Gasteiger partial charge is 0.165 e. The molecule has 0 aliphatic carbocycles. The van der Waals surface area contributed by atoms with E-state index in [0.29, 0.717) is 0 Å². The number of ether oxygens (including phenoxy) is 4. The molecule has 166 valence electrons. The first-order valence-corrected chi connectivity index (χ1v) is 10.7. The summed E-state index contributed by atoms with van der Waals surface area (Å²) >= 11 is 0. The van der Waals surface area contributed by atoms with Crippen LogP contribution in [0.25, 0.3) is 0 Å². The van der Waals surface area contributed by atoms with Gasteiger partial charge in [0.1, 0.15) is 11.9 Å². The predicted molar refractivity (Wildman–Crippen MR) is 119 cm³/mol. The number of benzene rings is 1. The van der Waals surface area contributed by atoms with Gasteiger partial charge >= 0.3 is 0 Å². The molecule has 0 saturated carbocycles. The van der Waals surface area contributed by atoms with Gasteiger partial charge in [-0.15, -0.1) is 0 Å². The molecule has 30 heavy (non-hydrogen) atoms. The number of fused-ring (bicyclic) bond motifs is 2. The number of rotatable bonds is 7. The lowest BCUT2D eigenvalue weighted by atomic mass is 9.71. The van der Waals surface area contributed by atoms with Crippen LogP contribution in [0.15, 0.2) is 35.1 Å². The average Bonchev–Trinajstić information content (AvgIpc) is 2.76. The second-order valence-electron chi connectivity index (χ2n) is 8.07. The zero-order valence-corrected chi connectivity index (χ0v) is 19.4. The van der Waals surface area contributed by atoms with E-state index in [-0.39, 0.29) is 12.0 Å². The molecule has 3 atom stereocenters. The quantitative estimate of drug-likeness (QED) is 0.679. The van der Waals surface area contributed by atoms with Crippen LogP contribution in [0, 0.1) is 0 Å². The highest BCUT2D eigenvalue weighted by atomic mass is 16.5. The molecule has 2 aliphatic heterocycles. The van der Waals surface area contributed by atoms with Crippen LogP contribution in [0.5, 0.6) is 11.5 Å². The monoisotopic (exact) mass is 416 g/mol. The van der Waals surface area contributed by atoms with E-state index in [4.69, 9.17) is 24.7 Å². The molecule has 2 N–H and O–H groups in total. The summed E-state index contributed by atoms with van der Waals surface area (Å²) in [4.78, 5) is 2.39. The summed E-state index contributed by atoms with van der Waals surface area (Å²) < 4.78 is 22.4. The molecule has 1 aromatic rings. The third kappa shape index (κ3) is 3.51. The Morgan fingerprint density at radius 2 is 2.00 bits per heavy atom. The highest BCUT2D eigenvalue weighted by Gasteiger charge is 2.49. The average molecular weight is 417 g/mol. The number of allylic oxidation sites excluding steroid dienone is 1. The first-order valence-electron chi connectivity index (χ1n) is 10.7. The lowest BCUT2D eigenvalue weighted by Gasteiger charge is -2.54. The molecule has 0 radical (unpaired) electrons. The third-order valence-electron chi connectivity index (χ3n) is 6.87. The third-order valence-corrected chi connectivity index (χ3v) is 6.87. The van der Waals surface area contributed by atoms with E-state index in [1.165, 1.54) is 22.3 Å². The van der Waals surface area contributed by atoms with Crippen LogP contribution < -0.4 is 15.2 Å². The molecule has 0 amide bonds. The van der Waals surface area contributed by atoms with Crippen LogP contribution in [-0.2, 0) is 16.0 Å². The van der Waals surface area contributed by atoms with E-state index in [0.717, 1.165) is 43.2 Å². The van der Waals surface area contributed by atoms with Crippen LogP contribution in [0.1, 0.15) is 50.7 Å². The molecule has 6 nitrogen and oxygen atoms in total. The van der Waals surface area contributed by atoms with Crippen molar-refractivity contribution in [2.45, 2.75) is 57.8 Å².